The first-order chi connectivity index (χ1) is 12.5. The highest BCUT2D eigenvalue weighted by Gasteiger charge is 2.39. The number of sulfonamides is 1. The lowest BCUT2D eigenvalue weighted by Gasteiger charge is -2.34. The van der Waals surface area contributed by atoms with Gasteiger partial charge in [0.1, 0.15) is 5.82 Å². The summed E-state index contributed by atoms with van der Waals surface area (Å²) in [6.07, 6.45) is 5.34. The molecule has 8 heteroatoms. The maximum Gasteiger partial charge on any atom is 0.244 e. The Balaban J connectivity index is 1.85. The summed E-state index contributed by atoms with van der Waals surface area (Å²) in [7, 11) is -3.91. The van der Waals surface area contributed by atoms with Gasteiger partial charge in [-0.15, -0.1) is 0 Å². The largest absolute Gasteiger partial charge is 0.348 e. The van der Waals surface area contributed by atoms with Gasteiger partial charge >= 0.3 is 0 Å². The van der Waals surface area contributed by atoms with E-state index in [0.717, 1.165) is 17.3 Å². The predicted molar refractivity (Wildman–Crippen MR) is 93.4 cm³/mol. The van der Waals surface area contributed by atoms with Crippen molar-refractivity contribution in [3.05, 3.63) is 77.4 Å². The van der Waals surface area contributed by atoms with E-state index in [9.17, 15) is 12.8 Å². The molecule has 0 amide bonds. The van der Waals surface area contributed by atoms with Crippen LogP contribution < -0.4 is 0 Å². The van der Waals surface area contributed by atoms with E-state index < -0.39 is 21.9 Å². The van der Waals surface area contributed by atoms with Crippen LogP contribution in [0.15, 0.2) is 53.9 Å². The predicted octanol–water partition coefficient (Wildman–Crippen LogP) is 2.59. The summed E-state index contributed by atoms with van der Waals surface area (Å²) in [6.45, 7) is 1.87. The van der Waals surface area contributed by atoms with Crippen LogP contribution in [0.1, 0.15) is 28.6 Å². The Hall–Kier alpha value is -2.58. The zero-order valence-corrected chi connectivity index (χ0v) is 14.9. The van der Waals surface area contributed by atoms with E-state index >= 15 is 0 Å². The summed E-state index contributed by atoms with van der Waals surface area (Å²) in [4.78, 5) is 11.5. The lowest BCUT2D eigenvalue weighted by molar-refractivity contribution is 0.337. The fraction of sp³-hybridized carbons (Fsp3) is 0.222. The van der Waals surface area contributed by atoms with Crippen LogP contribution in [0.4, 0.5) is 4.39 Å². The van der Waals surface area contributed by atoms with Crippen LogP contribution in [-0.4, -0.2) is 34.2 Å². The number of benzene rings is 1. The van der Waals surface area contributed by atoms with E-state index in [-0.39, 0.29) is 11.4 Å². The van der Waals surface area contributed by atoms with Crippen LogP contribution in [0, 0.1) is 12.7 Å². The summed E-state index contributed by atoms with van der Waals surface area (Å²) in [5, 5.41) is 0. The Bertz CT molecular complexity index is 1050. The van der Waals surface area contributed by atoms with Gasteiger partial charge in [-0.25, -0.2) is 17.8 Å². The smallest absolute Gasteiger partial charge is 0.244 e. The molecule has 3 heterocycles. The van der Waals surface area contributed by atoms with Crippen LogP contribution in [0.2, 0.25) is 0 Å². The molecule has 0 saturated heterocycles. The molecule has 0 saturated carbocycles. The molecule has 2 aromatic heterocycles. The molecule has 1 atom stereocenters. The number of fused-ring (bicyclic) bond motifs is 1. The highest BCUT2D eigenvalue weighted by Crippen LogP contribution is 2.37. The fourth-order valence-electron chi connectivity index (χ4n) is 3.25. The second-order valence-electron chi connectivity index (χ2n) is 6.23. The number of aromatic nitrogens is 3. The van der Waals surface area contributed by atoms with Crippen LogP contribution in [0.3, 0.4) is 0 Å². The van der Waals surface area contributed by atoms with Crippen molar-refractivity contribution in [2.24, 2.45) is 0 Å². The van der Waals surface area contributed by atoms with Crippen molar-refractivity contribution in [1.29, 1.82) is 0 Å². The van der Waals surface area contributed by atoms with Gasteiger partial charge in [-0.05, 0) is 36.2 Å². The third-order valence-corrected chi connectivity index (χ3v) is 6.49. The minimum Gasteiger partial charge on any atom is -0.348 e. The molecule has 4 rings (SSSR count). The second-order valence-corrected chi connectivity index (χ2v) is 8.12. The lowest BCUT2D eigenvalue weighted by Crippen LogP contribution is -2.40. The van der Waals surface area contributed by atoms with E-state index in [2.05, 4.69) is 15.0 Å². The molecule has 0 fully saturated rings. The third-order valence-electron chi connectivity index (χ3n) is 4.63. The Morgan fingerprint density at radius 1 is 1.31 bits per heavy atom. The molecule has 1 N–H and O–H groups in total. The Labute approximate surface area is 150 Å². The van der Waals surface area contributed by atoms with E-state index in [0.29, 0.717) is 17.7 Å². The zero-order valence-electron chi connectivity index (χ0n) is 14.1. The van der Waals surface area contributed by atoms with Crippen molar-refractivity contribution in [3.8, 4) is 0 Å². The number of halogens is 1. The molecule has 0 spiro atoms. The average molecular weight is 372 g/mol. The molecule has 0 unspecified atom stereocenters. The normalized spacial score (nSPS) is 17.8. The molecule has 3 aromatic rings. The van der Waals surface area contributed by atoms with Crippen LogP contribution >= 0.6 is 0 Å². The van der Waals surface area contributed by atoms with Gasteiger partial charge < -0.3 is 4.98 Å². The zero-order chi connectivity index (χ0) is 18.3. The molecule has 1 aromatic carbocycles. The summed E-state index contributed by atoms with van der Waals surface area (Å²) in [5.41, 5.74) is 2.68. The Kier molecular flexibility index (Phi) is 4.08. The van der Waals surface area contributed by atoms with Crippen molar-refractivity contribution >= 4 is 10.0 Å². The summed E-state index contributed by atoms with van der Waals surface area (Å²) < 4.78 is 41.9. The number of aromatic amines is 1. The number of hydrogen-bond acceptors (Lipinski definition) is 4. The molecule has 0 bridgehead atoms. The van der Waals surface area contributed by atoms with Crippen molar-refractivity contribution < 1.29 is 12.8 Å². The average Bonchev–Trinajstić information content (AvgIpc) is 3.12. The summed E-state index contributed by atoms with van der Waals surface area (Å²) in [6, 6.07) is 6.96. The first-order valence-electron chi connectivity index (χ1n) is 8.18. The van der Waals surface area contributed by atoms with Crippen molar-refractivity contribution in [1.82, 2.24) is 19.3 Å². The lowest BCUT2D eigenvalue weighted by atomic mass is 9.99. The van der Waals surface area contributed by atoms with Gasteiger partial charge in [0.05, 0.1) is 23.0 Å². The van der Waals surface area contributed by atoms with E-state index in [1.165, 1.54) is 16.4 Å². The molecule has 1 aliphatic heterocycles. The van der Waals surface area contributed by atoms with Gasteiger partial charge in [0.15, 0.2) is 0 Å². The molecule has 0 aliphatic carbocycles. The number of aryl methyl sites for hydroxylation is 1. The second kappa shape index (κ2) is 6.30. The number of H-pyrrole nitrogens is 1. The van der Waals surface area contributed by atoms with Crippen molar-refractivity contribution in [3.63, 3.8) is 0 Å². The minimum atomic E-state index is -3.91. The standard InChI is InChI=1S/C18H17FN4O2S/c1-12-4-5-14(9-15(12)19)26(24,25)23-8-6-16-17(22-11-21-16)18(23)13-3-2-7-20-10-13/h2-5,7,9-11,18H,6,8H2,1H3,(H,21,22)/t18-/m1/s1. The summed E-state index contributed by atoms with van der Waals surface area (Å²) in [5.74, 6) is -0.540. The molecule has 1 aliphatic rings. The Morgan fingerprint density at radius 3 is 2.88 bits per heavy atom. The molecule has 0 radical (unpaired) electrons. The van der Waals surface area contributed by atoms with E-state index in [4.69, 9.17) is 0 Å². The van der Waals surface area contributed by atoms with Crippen LogP contribution in [0.5, 0.6) is 0 Å². The van der Waals surface area contributed by atoms with Gasteiger partial charge in [0, 0.05) is 31.1 Å². The molecular weight excluding hydrogens is 355 g/mol. The first-order valence-corrected chi connectivity index (χ1v) is 9.62. The maximum atomic E-state index is 14.0. The highest BCUT2D eigenvalue weighted by atomic mass is 32.2. The number of nitrogens with zero attached hydrogens (tertiary/aromatic N) is 3. The monoisotopic (exact) mass is 372 g/mol. The van der Waals surface area contributed by atoms with E-state index in [1.54, 1.807) is 31.7 Å². The van der Waals surface area contributed by atoms with Crippen molar-refractivity contribution in [2.75, 3.05) is 6.54 Å². The Morgan fingerprint density at radius 2 is 2.15 bits per heavy atom. The molecular formula is C18H17FN4O2S. The number of rotatable bonds is 3. The van der Waals surface area contributed by atoms with Crippen LogP contribution in [0.25, 0.3) is 0 Å². The highest BCUT2D eigenvalue weighted by molar-refractivity contribution is 7.89. The number of hydrogen-bond donors (Lipinski definition) is 1. The van der Waals surface area contributed by atoms with Gasteiger partial charge in [-0.2, -0.15) is 4.31 Å². The van der Waals surface area contributed by atoms with E-state index in [1.807, 2.05) is 6.07 Å². The quantitative estimate of drug-likeness (QED) is 0.766. The molecule has 26 heavy (non-hydrogen) atoms. The first kappa shape index (κ1) is 16.9. The summed E-state index contributed by atoms with van der Waals surface area (Å²) >= 11 is 0. The van der Waals surface area contributed by atoms with Crippen molar-refractivity contribution in [2.45, 2.75) is 24.3 Å². The SMILES string of the molecule is Cc1ccc(S(=O)(=O)N2CCc3[nH]cnc3[C@H]2c2cccnc2)cc1F. The minimum absolute atomic E-state index is 0.0616. The van der Waals surface area contributed by atoms with Gasteiger partial charge in [0.2, 0.25) is 10.0 Å². The van der Waals surface area contributed by atoms with Gasteiger partial charge in [0.25, 0.3) is 0 Å². The van der Waals surface area contributed by atoms with Gasteiger partial charge in [-0.3, -0.25) is 4.98 Å². The number of nitrogens with one attached hydrogen (secondary N) is 1. The molecule has 134 valence electrons. The topological polar surface area (TPSA) is 79.0 Å². The number of pyridine rings is 1. The molecule has 6 nitrogen and oxygen atoms in total. The maximum absolute atomic E-state index is 14.0. The van der Waals surface area contributed by atoms with Gasteiger partial charge in [-0.1, -0.05) is 12.1 Å². The van der Waals surface area contributed by atoms with Crippen LogP contribution in [-0.2, 0) is 16.4 Å². The third kappa shape index (κ3) is 2.71. The number of imidazole rings is 1. The fourth-order valence-corrected chi connectivity index (χ4v) is 4.84.